The van der Waals surface area contributed by atoms with Crippen LogP contribution in [0.5, 0.6) is 0 Å². The molecule has 0 fully saturated rings. The third kappa shape index (κ3) is 4.31. The largest absolute Gasteiger partial charge is 0.330 e. The van der Waals surface area contributed by atoms with Crippen LogP contribution in [0.3, 0.4) is 0 Å². The molecule has 4 nitrogen and oxygen atoms in total. The predicted molar refractivity (Wildman–Crippen MR) is 81.5 cm³/mol. The number of nitrogens with one attached hydrogen (secondary N) is 1. The van der Waals surface area contributed by atoms with E-state index in [-0.39, 0.29) is 5.91 Å². The maximum absolute atomic E-state index is 11.0. The Hall–Kier alpha value is -1.94. The first-order valence-electron chi connectivity index (χ1n) is 6.99. The molecule has 0 radical (unpaired) electrons. The summed E-state index contributed by atoms with van der Waals surface area (Å²) >= 11 is 0. The van der Waals surface area contributed by atoms with Crippen LogP contribution in [0, 0.1) is 0 Å². The van der Waals surface area contributed by atoms with Crippen molar-refractivity contribution in [2.24, 2.45) is 10.7 Å². The summed E-state index contributed by atoms with van der Waals surface area (Å²) in [7, 11) is 0. The number of amidine groups is 1. The van der Waals surface area contributed by atoms with Crippen molar-refractivity contribution in [1.82, 2.24) is 5.32 Å². The van der Waals surface area contributed by atoms with Crippen molar-refractivity contribution in [1.29, 1.82) is 0 Å². The van der Waals surface area contributed by atoms with Crippen molar-refractivity contribution in [2.75, 3.05) is 6.54 Å². The molecule has 1 amide bonds. The monoisotopic (exact) mass is 271 g/mol. The van der Waals surface area contributed by atoms with Gasteiger partial charge < -0.3 is 11.1 Å². The van der Waals surface area contributed by atoms with Crippen molar-refractivity contribution >= 4 is 11.7 Å². The van der Waals surface area contributed by atoms with Gasteiger partial charge in [-0.15, -0.1) is 0 Å². The molecular weight excluding hydrogens is 250 g/mol. The van der Waals surface area contributed by atoms with Crippen molar-refractivity contribution in [3.63, 3.8) is 0 Å². The number of allylic oxidation sites excluding steroid dienone is 1. The first-order valence-corrected chi connectivity index (χ1v) is 6.99. The zero-order chi connectivity index (χ0) is 14.4. The van der Waals surface area contributed by atoms with Crippen LogP contribution in [0.25, 0.3) is 0 Å². The smallest absolute Gasteiger partial charge is 0.222 e. The molecule has 106 valence electrons. The topological polar surface area (TPSA) is 67.5 Å². The summed E-state index contributed by atoms with van der Waals surface area (Å²) < 4.78 is 0. The van der Waals surface area contributed by atoms with Crippen molar-refractivity contribution in [3.8, 4) is 0 Å². The van der Waals surface area contributed by atoms with Gasteiger partial charge in [-0.25, -0.2) is 4.99 Å². The van der Waals surface area contributed by atoms with Gasteiger partial charge in [0.25, 0.3) is 0 Å². The highest BCUT2D eigenvalue weighted by Crippen LogP contribution is 2.17. The Kier molecular flexibility index (Phi) is 5.07. The molecule has 0 bridgehead atoms. The van der Waals surface area contributed by atoms with Crippen LogP contribution in [0.15, 0.2) is 41.0 Å². The zero-order valence-corrected chi connectivity index (χ0v) is 11.9. The molecule has 0 spiro atoms. The number of hydrogen-bond donors (Lipinski definition) is 2. The minimum atomic E-state index is -0.0621. The number of aryl methyl sites for hydroxylation is 1. The summed E-state index contributed by atoms with van der Waals surface area (Å²) in [5.74, 6) is 0.692. The van der Waals surface area contributed by atoms with Gasteiger partial charge in [0.15, 0.2) is 0 Å². The van der Waals surface area contributed by atoms with E-state index in [1.54, 1.807) is 0 Å². The van der Waals surface area contributed by atoms with E-state index >= 15 is 0 Å². The van der Waals surface area contributed by atoms with Gasteiger partial charge in [-0.3, -0.25) is 4.79 Å². The number of rotatable bonds is 5. The highest BCUT2D eigenvalue weighted by Gasteiger charge is 2.09. The molecule has 3 N–H and O–H groups in total. The maximum Gasteiger partial charge on any atom is 0.222 e. The Morgan fingerprint density at radius 1 is 1.30 bits per heavy atom. The van der Waals surface area contributed by atoms with Crippen LogP contribution >= 0.6 is 0 Å². The van der Waals surface area contributed by atoms with E-state index < -0.39 is 0 Å². The summed E-state index contributed by atoms with van der Waals surface area (Å²) in [6.07, 6.45) is 5.58. The van der Waals surface area contributed by atoms with Crippen molar-refractivity contribution in [3.05, 3.63) is 47.2 Å². The molecule has 0 saturated heterocycles. The molecule has 1 heterocycles. The number of benzene rings is 1. The first kappa shape index (κ1) is 14.5. The van der Waals surface area contributed by atoms with Gasteiger partial charge in [-0.05, 0) is 36.9 Å². The summed E-state index contributed by atoms with van der Waals surface area (Å²) in [4.78, 5) is 15.4. The Bertz CT molecular complexity index is 546. The third-order valence-electron chi connectivity index (χ3n) is 3.22. The van der Waals surface area contributed by atoms with Crippen LogP contribution in [-0.4, -0.2) is 18.3 Å². The van der Waals surface area contributed by atoms with Gasteiger partial charge in [0, 0.05) is 19.0 Å². The quantitative estimate of drug-likeness (QED) is 0.859. The zero-order valence-electron chi connectivity index (χ0n) is 11.9. The Morgan fingerprint density at radius 2 is 2.05 bits per heavy atom. The molecule has 0 unspecified atom stereocenters. The van der Waals surface area contributed by atoms with E-state index in [9.17, 15) is 4.79 Å². The summed E-state index contributed by atoms with van der Waals surface area (Å²) in [5.41, 5.74) is 9.22. The number of carbonyl (C=O) groups excluding carboxylic acids is 1. The number of nitrogens with two attached hydrogens (primary N) is 1. The van der Waals surface area contributed by atoms with Gasteiger partial charge in [-0.1, -0.05) is 30.3 Å². The lowest BCUT2D eigenvalue weighted by Gasteiger charge is -2.04. The van der Waals surface area contributed by atoms with Crippen molar-refractivity contribution in [2.45, 2.75) is 32.6 Å². The molecule has 2 rings (SSSR count). The second-order valence-corrected chi connectivity index (χ2v) is 5.00. The minimum absolute atomic E-state index is 0.0621. The standard InChI is InChI=1S/C16H21N3O/c1-12(20)18-16-8-7-15(19-16)6-5-13-3-2-4-14(11-13)9-10-17/h2-4,7,11H,5-6,8-10,17H2,1H3,(H,18,19,20). The molecule has 1 aromatic rings. The Balaban J connectivity index is 1.88. The van der Waals surface area contributed by atoms with Crippen LogP contribution in [0.1, 0.15) is 30.9 Å². The van der Waals surface area contributed by atoms with Crippen LogP contribution in [0.4, 0.5) is 0 Å². The van der Waals surface area contributed by atoms with Gasteiger partial charge in [-0.2, -0.15) is 0 Å². The van der Waals surface area contributed by atoms with E-state index in [2.05, 4.69) is 40.7 Å². The molecule has 0 saturated carbocycles. The molecule has 1 aromatic carbocycles. The molecule has 0 aliphatic carbocycles. The fourth-order valence-corrected chi connectivity index (χ4v) is 2.30. The van der Waals surface area contributed by atoms with E-state index in [0.717, 1.165) is 37.2 Å². The van der Waals surface area contributed by atoms with Gasteiger partial charge in [0.2, 0.25) is 5.91 Å². The average molecular weight is 271 g/mol. The summed E-state index contributed by atoms with van der Waals surface area (Å²) in [6, 6.07) is 8.53. The molecule has 20 heavy (non-hydrogen) atoms. The second kappa shape index (κ2) is 7.01. The average Bonchev–Trinajstić information content (AvgIpc) is 2.84. The molecule has 0 atom stereocenters. The Morgan fingerprint density at radius 3 is 2.75 bits per heavy atom. The SMILES string of the molecule is CC(=O)NC1=NC(CCc2cccc(CCN)c2)=CC1. The second-order valence-electron chi connectivity index (χ2n) is 5.00. The fourth-order valence-electron chi connectivity index (χ4n) is 2.30. The van der Waals surface area contributed by atoms with E-state index in [0.29, 0.717) is 6.54 Å². The van der Waals surface area contributed by atoms with Gasteiger partial charge in [0.05, 0.1) is 0 Å². The normalized spacial score (nSPS) is 13.9. The van der Waals surface area contributed by atoms with Crippen LogP contribution < -0.4 is 11.1 Å². The highest BCUT2D eigenvalue weighted by molar-refractivity contribution is 5.99. The first-order chi connectivity index (χ1) is 9.67. The number of hydrogen-bond acceptors (Lipinski definition) is 3. The highest BCUT2D eigenvalue weighted by atomic mass is 16.1. The fraction of sp³-hybridized carbons (Fsp3) is 0.375. The van der Waals surface area contributed by atoms with E-state index in [1.165, 1.54) is 18.1 Å². The molecular formula is C16H21N3O. The number of aliphatic imine (C=N–C) groups is 1. The molecule has 1 aliphatic heterocycles. The maximum atomic E-state index is 11.0. The molecule has 1 aliphatic rings. The van der Waals surface area contributed by atoms with Gasteiger partial charge >= 0.3 is 0 Å². The van der Waals surface area contributed by atoms with Gasteiger partial charge in [0.1, 0.15) is 5.84 Å². The molecule has 0 aromatic heterocycles. The lowest BCUT2D eigenvalue weighted by atomic mass is 10.0. The summed E-state index contributed by atoms with van der Waals surface area (Å²) in [6.45, 7) is 2.18. The predicted octanol–water partition coefficient (Wildman–Crippen LogP) is 1.94. The lowest BCUT2D eigenvalue weighted by molar-refractivity contribution is -0.117. The van der Waals surface area contributed by atoms with Crippen LogP contribution in [-0.2, 0) is 17.6 Å². The lowest BCUT2D eigenvalue weighted by Crippen LogP contribution is -2.26. The number of amides is 1. The third-order valence-corrected chi connectivity index (χ3v) is 3.22. The Labute approximate surface area is 119 Å². The van der Waals surface area contributed by atoms with E-state index in [4.69, 9.17) is 5.73 Å². The minimum Gasteiger partial charge on any atom is -0.330 e. The van der Waals surface area contributed by atoms with E-state index in [1.807, 2.05) is 0 Å². The van der Waals surface area contributed by atoms with Crippen LogP contribution in [0.2, 0.25) is 0 Å². The summed E-state index contributed by atoms with van der Waals surface area (Å²) in [5, 5.41) is 2.74. The number of nitrogens with zero attached hydrogens (tertiary/aromatic N) is 1. The molecule has 4 heteroatoms. The van der Waals surface area contributed by atoms with Crippen molar-refractivity contribution < 1.29 is 4.79 Å². The number of carbonyl (C=O) groups is 1.